The van der Waals surface area contributed by atoms with Gasteiger partial charge in [-0.1, -0.05) is 0 Å². The fourth-order valence-corrected chi connectivity index (χ4v) is 8.06. The van der Waals surface area contributed by atoms with Crippen LogP contribution in [0.25, 0.3) is 53.8 Å². The molecule has 0 atom stereocenters. The van der Waals surface area contributed by atoms with Crippen LogP contribution in [0.15, 0.2) is 66.2 Å². The molecule has 0 saturated heterocycles. The number of pyridine rings is 1. The van der Waals surface area contributed by atoms with Crippen molar-refractivity contribution < 1.29 is 9.59 Å². The van der Waals surface area contributed by atoms with Gasteiger partial charge in [0.2, 0.25) is 0 Å². The molecule has 0 spiro atoms. The van der Waals surface area contributed by atoms with E-state index in [2.05, 4.69) is 65.1 Å². The summed E-state index contributed by atoms with van der Waals surface area (Å²) in [6.45, 7) is 4.00. The number of carbonyl (C=O) groups is 2. The average Bonchev–Trinajstić information content (AvgIpc) is 3.34. The van der Waals surface area contributed by atoms with Crippen molar-refractivity contribution in [3.05, 3.63) is 70.7 Å². The number of nitrogens with zero attached hydrogens (tertiary/aromatic N) is 1. The van der Waals surface area contributed by atoms with Crippen molar-refractivity contribution in [2.75, 3.05) is 0 Å². The molecule has 3 aromatic heterocycles. The Bertz CT molecular complexity index is 1810. The molecule has 33 heavy (non-hydrogen) atoms. The third kappa shape index (κ3) is 2.62. The monoisotopic (exact) mass is 495 g/mol. The Labute approximate surface area is 196 Å². The molecule has 3 nitrogen and oxygen atoms in total. The van der Waals surface area contributed by atoms with Crippen LogP contribution in [-0.4, -0.2) is 30.5 Å². The molecular formula is C29H21NO2Se. The fraction of sp³-hybridized carbons (Fsp3) is 0.172. The summed E-state index contributed by atoms with van der Waals surface area (Å²) in [5, 5.41) is 7.55. The Morgan fingerprint density at radius 3 is 2.42 bits per heavy atom. The molecule has 1 saturated carbocycles. The number of ketones is 2. The number of allylic oxidation sites excluding steroid dienone is 1. The molecule has 6 aromatic rings. The van der Waals surface area contributed by atoms with Crippen LogP contribution >= 0.6 is 0 Å². The van der Waals surface area contributed by atoms with Gasteiger partial charge in [-0.3, -0.25) is 0 Å². The molecule has 7 rings (SSSR count). The Morgan fingerprint density at radius 2 is 1.61 bits per heavy atom. The molecule has 1 fully saturated rings. The second kappa shape index (κ2) is 6.44. The molecule has 0 bridgehead atoms. The quantitative estimate of drug-likeness (QED) is 0.151. The van der Waals surface area contributed by atoms with Crippen LogP contribution in [0.5, 0.6) is 0 Å². The zero-order valence-electron chi connectivity index (χ0n) is 18.4. The third-order valence-corrected chi connectivity index (χ3v) is 9.31. The summed E-state index contributed by atoms with van der Waals surface area (Å²) in [6, 6.07) is 21.8. The van der Waals surface area contributed by atoms with E-state index in [-0.39, 0.29) is 31.5 Å². The van der Waals surface area contributed by atoms with Gasteiger partial charge in [0, 0.05) is 0 Å². The first kappa shape index (κ1) is 19.3. The molecule has 0 N–H and O–H groups in total. The van der Waals surface area contributed by atoms with Crippen LogP contribution in [0, 0.1) is 5.41 Å². The number of aromatic nitrogens is 1. The second-order valence-electron chi connectivity index (χ2n) is 10.0. The number of benzene rings is 3. The van der Waals surface area contributed by atoms with Gasteiger partial charge in [0.1, 0.15) is 0 Å². The molecule has 1 aliphatic carbocycles. The first-order valence-corrected chi connectivity index (χ1v) is 13.0. The third-order valence-electron chi connectivity index (χ3n) is 7.07. The number of hydrogen-bond acceptors (Lipinski definition) is 2. The molecule has 0 unspecified atom stereocenters. The summed E-state index contributed by atoms with van der Waals surface area (Å²) >= 11 is 0.000274. The summed E-state index contributed by atoms with van der Waals surface area (Å²) in [4.78, 5) is 25.6. The fourth-order valence-electron chi connectivity index (χ4n) is 5.67. The predicted molar refractivity (Wildman–Crippen MR) is 137 cm³/mol. The summed E-state index contributed by atoms with van der Waals surface area (Å²) in [6.07, 6.45) is 2.77. The minimum atomic E-state index is -0.245. The SMILES string of the molecule is CC1(C)CC(=O)C(=Cc2cc3c4cccc5ccc6c7ccccc7n(c3[se]2)c6c54)C(=O)C1. The first-order valence-electron chi connectivity index (χ1n) is 11.3. The molecule has 0 amide bonds. The number of Topliss-reactive ketones (excluding diaryl/α,β-unsaturated/α-hetero) is 2. The second-order valence-corrected chi connectivity index (χ2v) is 12.2. The molecule has 4 heteroatoms. The molecule has 1 aliphatic rings. The van der Waals surface area contributed by atoms with E-state index in [4.69, 9.17) is 0 Å². The normalized spacial score (nSPS) is 16.8. The van der Waals surface area contributed by atoms with Crippen LogP contribution in [0.2, 0.25) is 0 Å². The van der Waals surface area contributed by atoms with E-state index in [1.54, 1.807) is 0 Å². The molecule has 160 valence electrons. The molecule has 0 aliphatic heterocycles. The van der Waals surface area contributed by atoms with E-state index in [1.807, 2.05) is 19.9 Å². The number of fused-ring (bicyclic) bond motifs is 6. The van der Waals surface area contributed by atoms with Crippen molar-refractivity contribution in [3.63, 3.8) is 0 Å². The van der Waals surface area contributed by atoms with E-state index in [0.717, 1.165) is 4.44 Å². The van der Waals surface area contributed by atoms with Crippen molar-refractivity contribution >= 4 is 79.9 Å². The van der Waals surface area contributed by atoms with Crippen molar-refractivity contribution in [2.45, 2.75) is 26.7 Å². The van der Waals surface area contributed by atoms with E-state index in [1.165, 1.54) is 47.7 Å². The van der Waals surface area contributed by atoms with Crippen molar-refractivity contribution in [1.29, 1.82) is 0 Å². The van der Waals surface area contributed by atoms with E-state index < -0.39 is 0 Å². The van der Waals surface area contributed by atoms with E-state index in [9.17, 15) is 9.59 Å². The average molecular weight is 494 g/mol. The first-order chi connectivity index (χ1) is 15.9. The summed E-state index contributed by atoms with van der Waals surface area (Å²) in [7, 11) is 0. The van der Waals surface area contributed by atoms with Gasteiger partial charge in [0.15, 0.2) is 0 Å². The minimum absolute atomic E-state index is 0.000274. The summed E-state index contributed by atoms with van der Waals surface area (Å²) in [5.41, 5.74) is 2.64. The Kier molecular flexibility index (Phi) is 3.76. The molecular weight excluding hydrogens is 473 g/mol. The van der Waals surface area contributed by atoms with E-state index in [0.29, 0.717) is 18.4 Å². The van der Waals surface area contributed by atoms with E-state index >= 15 is 0 Å². The molecule has 3 aromatic carbocycles. The van der Waals surface area contributed by atoms with Crippen LogP contribution in [-0.2, 0) is 9.59 Å². The Morgan fingerprint density at radius 1 is 0.848 bits per heavy atom. The van der Waals surface area contributed by atoms with Crippen LogP contribution in [0.3, 0.4) is 0 Å². The Hall–Kier alpha value is -3.20. The maximum atomic E-state index is 12.8. The molecule has 0 radical (unpaired) electrons. The van der Waals surface area contributed by atoms with Gasteiger partial charge in [-0.2, -0.15) is 0 Å². The number of rotatable bonds is 1. The van der Waals surface area contributed by atoms with Crippen LogP contribution in [0.4, 0.5) is 0 Å². The van der Waals surface area contributed by atoms with Crippen LogP contribution < -0.4 is 0 Å². The van der Waals surface area contributed by atoms with Gasteiger partial charge in [0.25, 0.3) is 0 Å². The van der Waals surface area contributed by atoms with Crippen molar-refractivity contribution in [2.24, 2.45) is 5.41 Å². The zero-order valence-corrected chi connectivity index (χ0v) is 20.2. The zero-order chi connectivity index (χ0) is 22.5. The number of hydrogen-bond donors (Lipinski definition) is 0. The van der Waals surface area contributed by atoms with Gasteiger partial charge >= 0.3 is 197 Å². The summed E-state index contributed by atoms with van der Waals surface area (Å²) in [5.74, 6) is -0.0333. The van der Waals surface area contributed by atoms with Gasteiger partial charge in [-0.15, -0.1) is 0 Å². The number of carbonyl (C=O) groups excluding carboxylic acids is 2. The van der Waals surface area contributed by atoms with Crippen molar-refractivity contribution in [1.82, 2.24) is 4.40 Å². The Balaban J connectivity index is 1.59. The molecule has 3 heterocycles. The summed E-state index contributed by atoms with van der Waals surface area (Å²) < 4.78 is 4.83. The van der Waals surface area contributed by atoms with Crippen molar-refractivity contribution in [3.8, 4) is 0 Å². The topological polar surface area (TPSA) is 38.5 Å². The van der Waals surface area contributed by atoms with Gasteiger partial charge < -0.3 is 0 Å². The van der Waals surface area contributed by atoms with Gasteiger partial charge in [-0.25, -0.2) is 0 Å². The maximum absolute atomic E-state index is 12.8. The predicted octanol–water partition coefficient (Wildman–Crippen LogP) is 6.39. The van der Waals surface area contributed by atoms with Crippen LogP contribution in [0.1, 0.15) is 31.1 Å². The van der Waals surface area contributed by atoms with Gasteiger partial charge in [0.05, 0.1) is 0 Å². The number of para-hydroxylation sites is 1. The standard InChI is InChI=1S/C29H21NO2Se/c1-29(2)14-24(31)22(25(32)15-29)13-17-12-21-19-8-5-6-16-10-11-20-18-7-3-4-9-23(18)30(28(21)33-17)27(20)26(16)19/h3-13H,14-15H2,1-2H3. The van der Waals surface area contributed by atoms with Gasteiger partial charge in [-0.05, 0) is 0 Å².